The Labute approximate surface area is 115 Å². The number of rotatable bonds is 2. The molecule has 0 saturated carbocycles. The number of carbonyl (C=O) groups excluding carboxylic acids is 1. The van der Waals surface area contributed by atoms with Gasteiger partial charge in [0.1, 0.15) is 5.69 Å². The van der Waals surface area contributed by atoms with E-state index in [1.165, 1.54) is 11.0 Å². The first-order chi connectivity index (χ1) is 9.58. The fourth-order valence-electron chi connectivity index (χ4n) is 2.46. The largest absolute Gasteiger partial charge is 0.298 e. The van der Waals surface area contributed by atoms with Crippen molar-refractivity contribution < 1.29 is 9.72 Å². The second-order valence-electron chi connectivity index (χ2n) is 4.80. The van der Waals surface area contributed by atoms with E-state index in [0.717, 1.165) is 11.1 Å². The molecule has 1 aliphatic rings. The highest BCUT2D eigenvalue weighted by Crippen LogP contribution is 2.35. The Morgan fingerprint density at radius 2 is 1.95 bits per heavy atom. The van der Waals surface area contributed by atoms with Crippen molar-refractivity contribution in [3.8, 4) is 0 Å². The molecule has 1 amide bonds. The van der Waals surface area contributed by atoms with Crippen molar-refractivity contribution in [3.05, 3.63) is 69.3 Å². The second kappa shape index (κ2) is 4.45. The van der Waals surface area contributed by atoms with Crippen molar-refractivity contribution >= 4 is 17.3 Å². The first-order valence-corrected chi connectivity index (χ1v) is 6.23. The van der Waals surface area contributed by atoms with Crippen molar-refractivity contribution in [1.82, 2.24) is 0 Å². The predicted molar refractivity (Wildman–Crippen MR) is 74.8 cm³/mol. The minimum absolute atomic E-state index is 0.0360. The zero-order valence-corrected chi connectivity index (χ0v) is 10.9. The molecule has 0 saturated heterocycles. The van der Waals surface area contributed by atoms with Crippen LogP contribution in [0.1, 0.15) is 21.5 Å². The average Bonchev–Trinajstić information content (AvgIpc) is 2.76. The van der Waals surface area contributed by atoms with Gasteiger partial charge in [0.25, 0.3) is 11.6 Å². The number of nitrogens with zero attached hydrogens (tertiary/aromatic N) is 2. The van der Waals surface area contributed by atoms with Crippen LogP contribution >= 0.6 is 0 Å². The summed E-state index contributed by atoms with van der Waals surface area (Å²) in [7, 11) is 0. The van der Waals surface area contributed by atoms with Crippen LogP contribution in [0.2, 0.25) is 0 Å². The molecule has 0 fully saturated rings. The molecule has 0 unspecified atom stereocenters. The van der Waals surface area contributed by atoms with Gasteiger partial charge in [0, 0.05) is 11.6 Å². The molecule has 1 heterocycles. The van der Waals surface area contributed by atoms with Gasteiger partial charge in [-0.3, -0.25) is 19.8 Å². The van der Waals surface area contributed by atoms with Crippen molar-refractivity contribution in [1.29, 1.82) is 0 Å². The topological polar surface area (TPSA) is 63.5 Å². The lowest BCUT2D eigenvalue weighted by atomic mass is 10.1. The number of fused-ring (bicyclic) bond motifs is 1. The van der Waals surface area contributed by atoms with Gasteiger partial charge in [0.05, 0.1) is 11.5 Å². The van der Waals surface area contributed by atoms with Gasteiger partial charge < -0.3 is 0 Å². The van der Waals surface area contributed by atoms with Gasteiger partial charge in [0.15, 0.2) is 0 Å². The molecule has 0 radical (unpaired) electrons. The average molecular weight is 268 g/mol. The summed E-state index contributed by atoms with van der Waals surface area (Å²) in [6, 6.07) is 12.2. The van der Waals surface area contributed by atoms with Crippen LogP contribution in [0.3, 0.4) is 0 Å². The third-order valence-corrected chi connectivity index (χ3v) is 3.44. The van der Waals surface area contributed by atoms with E-state index >= 15 is 0 Å². The summed E-state index contributed by atoms with van der Waals surface area (Å²) in [6.45, 7) is 2.16. The van der Waals surface area contributed by atoms with E-state index in [1.54, 1.807) is 31.2 Å². The van der Waals surface area contributed by atoms with Crippen molar-refractivity contribution in [2.75, 3.05) is 4.90 Å². The number of amides is 1. The fraction of sp³-hybridized carbons (Fsp3) is 0.133. The van der Waals surface area contributed by atoms with Crippen LogP contribution in [0, 0.1) is 17.0 Å². The highest BCUT2D eigenvalue weighted by Gasteiger charge is 2.32. The van der Waals surface area contributed by atoms with E-state index in [4.69, 9.17) is 0 Å². The summed E-state index contributed by atoms with van der Waals surface area (Å²) in [5, 5.41) is 11.2. The molecule has 1 aliphatic heterocycles. The van der Waals surface area contributed by atoms with Gasteiger partial charge in [-0.1, -0.05) is 24.3 Å². The van der Waals surface area contributed by atoms with E-state index < -0.39 is 4.92 Å². The number of aryl methyl sites for hydroxylation is 1. The second-order valence-corrected chi connectivity index (χ2v) is 4.80. The zero-order valence-electron chi connectivity index (χ0n) is 10.9. The zero-order chi connectivity index (χ0) is 14.3. The van der Waals surface area contributed by atoms with E-state index in [0.29, 0.717) is 17.8 Å². The van der Waals surface area contributed by atoms with Crippen LogP contribution in [0.25, 0.3) is 0 Å². The molecule has 0 aliphatic carbocycles. The molecule has 0 N–H and O–H groups in total. The first kappa shape index (κ1) is 12.3. The lowest BCUT2D eigenvalue weighted by Crippen LogP contribution is -2.23. The summed E-state index contributed by atoms with van der Waals surface area (Å²) in [5.41, 5.74) is 2.62. The SMILES string of the molecule is Cc1ccc(N2Cc3ccccc3C2=O)c([N+](=O)[O-])c1. The van der Waals surface area contributed by atoms with Crippen molar-refractivity contribution in [2.24, 2.45) is 0 Å². The predicted octanol–water partition coefficient (Wildman–Crippen LogP) is 3.06. The number of carbonyl (C=O) groups is 1. The van der Waals surface area contributed by atoms with Crippen LogP contribution in [0.15, 0.2) is 42.5 Å². The van der Waals surface area contributed by atoms with Crippen molar-refractivity contribution in [2.45, 2.75) is 13.5 Å². The lowest BCUT2D eigenvalue weighted by Gasteiger charge is -2.16. The van der Waals surface area contributed by atoms with Gasteiger partial charge in [-0.25, -0.2) is 0 Å². The lowest BCUT2D eigenvalue weighted by molar-refractivity contribution is -0.384. The fourth-order valence-corrected chi connectivity index (χ4v) is 2.46. The number of hydrogen-bond donors (Lipinski definition) is 0. The van der Waals surface area contributed by atoms with Gasteiger partial charge in [-0.15, -0.1) is 0 Å². The van der Waals surface area contributed by atoms with Crippen LogP contribution in [-0.2, 0) is 6.54 Å². The molecule has 0 atom stereocenters. The van der Waals surface area contributed by atoms with E-state index in [-0.39, 0.29) is 11.6 Å². The van der Waals surface area contributed by atoms with Crippen LogP contribution < -0.4 is 4.90 Å². The van der Waals surface area contributed by atoms with Gasteiger partial charge in [0.2, 0.25) is 0 Å². The summed E-state index contributed by atoms with van der Waals surface area (Å²) in [5.74, 6) is -0.187. The number of nitro benzene ring substituents is 1. The first-order valence-electron chi connectivity index (χ1n) is 6.23. The third-order valence-electron chi connectivity index (χ3n) is 3.44. The number of benzene rings is 2. The van der Waals surface area contributed by atoms with Gasteiger partial charge in [-0.05, 0) is 30.2 Å². The van der Waals surface area contributed by atoms with E-state index in [1.807, 2.05) is 12.1 Å². The van der Waals surface area contributed by atoms with Crippen LogP contribution in [0.4, 0.5) is 11.4 Å². The number of anilines is 1. The quantitative estimate of drug-likeness (QED) is 0.621. The summed E-state index contributed by atoms with van der Waals surface area (Å²) >= 11 is 0. The Balaban J connectivity index is 2.09. The normalized spacial score (nSPS) is 13.4. The van der Waals surface area contributed by atoms with Gasteiger partial charge >= 0.3 is 0 Å². The highest BCUT2D eigenvalue weighted by atomic mass is 16.6. The molecule has 100 valence electrons. The number of hydrogen-bond acceptors (Lipinski definition) is 3. The Hall–Kier alpha value is -2.69. The highest BCUT2D eigenvalue weighted by molar-refractivity contribution is 6.11. The minimum atomic E-state index is -0.446. The molecule has 0 aromatic heterocycles. The number of nitro groups is 1. The molecule has 0 spiro atoms. The Morgan fingerprint density at radius 3 is 2.65 bits per heavy atom. The maximum atomic E-state index is 12.4. The summed E-state index contributed by atoms with van der Waals surface area (Å²) in [4.78, 5) is 24.6. The van der Waals surface area contributed by atoms with Crippen LogP contribution in [0.5, 0.6) is 0 Å². The molecule has 5 heteroatoms. The summed E-state index contributed by atoms with van der Waals surface area (Å²) in [6.07, 6.45) is 0. The standard InChI is InChI=1S/C15H12N2O3/c1-10-6-7-13(14(8-10)17(19)20)16-9-11-4-2-3-5-12(11)15(16)18/h2-8H,9H2,1H3. The maximum Gasteiger partial charge on any atom is 0.293 e. The molecule has 5 nitrogen and oxygen atoms in total. The van der Waals surface area contributed by atoms with E-state index in [2.05, 4.69) is 0 Å². The molecule has 2 aromatic rings. The van der Waals surface area contributed by atoms with Crippen LogP contribution in [-0.4, -0.2) is 10.8 Å². The van der Waals surface area contributed by atoms with E-state index in [9.17, 15) is 14.9 Å². The smallest absolute Gasteiger partial charge is 0.293 e. The Bertz CT molecular complexity index is 725. The Kier molecular flexibility index (Phi) is 2.75. The third kappa shape index (κ3) is 1.84. The van der Waals surface area contributed by atoms with Crippen molar-refractivity contribution in [3.63, 3.8) is 0 Å². The monoisotopic (exact) mass is 268 g/mol. The molecule has 3 rings (SSSR count). The maximum absolute atomic E-state index is 12.4. The molecular formula is C15H12N2O3. The molecule has 20 heavy (non-hydrogen) atoms. The minimum Gasteiger partial charge on any atom is -0.298 e. The van der Waals surface area contributed by atoms with Gasteiger partial charge in [-0.2, -0.15) is 0 Å². The Morgan fingerprint density at radius 1 is 1.20 bits per heavy atom. The molecule has 2 aromatic carbocycles. The molecular weight excluding hydrogens is 256 g/mol. The molecule has 0 bridgehead atoms. The summed E-state index contributed by atoms with van der Waals surface area (Å²) < 4.78 is 0.